The van der Waals surface area contributed by atoms with Gasteiger partial charge in [-0.1, -0.05) is 32.3 Å². The zero-order chi connectivity index (χ0) is 16.4. The maximum Gasteiger partial charge on any atom is 0.167 e. The quantitative estimate of drug-likeness (QED) is 0.480. The molecule has 124 valence electrons. The van der Waals surface area contributed by atoms with Crippen molar-refractivity contribution in [3.8, 4) is 11.5 Å². The largest absolute Gasteiger partial charge is 0.507 e. The Kier molecular flexibility index (Phi) is 9.01. The van der Waals surface area contributed by atoms with E-state index in [0.29, 0.717) is 11.5 Å². The van der Waals surface area contributed by atoms with Gasteiger partial charge >= 0.3 is 0 Å². The van der Waals surface area contributed by atoms with Crippen molar-refractivity contribution in [2.45, 2.75) is 45.6 Å². The fraction of sp³-hybridized carbons (Fsp3) is 0.588. The lowest BCUT2D eigenvalue weighted by Crippen LogP contribution is -2.21. The van der Waals surface area contributed by atoms with E-state index in [1.54, 1.807) is 23.9 Å². The van der Waals surface area contributed by atoms with Gasteiger partial charge in [-0.3, -0.25) is 4.79 Å². The van der Waals surface area contributed by atoms with E-state index in [4.69, 9.17) is 4.74 Å². The molecule has 0 saturated carbocycles. The molecule has 0 spiro atoms. The Bertz CT molecular complexity index is 462. The Morgan fingerprint density at radius 2 is 2.09 bits per heavy atom. The zero-order valence-electron chi connectivity index (χ0n) is 13.4. The summed E-state index contributed by atoms with van der Waals surface area (Å²) in [4.78, 5) is 11.5. The monoisotopic (exact) mass is 326 g/mol. The van der Waals surface area contributed by atoms with Crippen LogP contribution in [-0.4, -0.2) is 40.2 Å². The number of hydrogen-bond acceptors (Lipinski definition) is 5. The standard InChI is InChI=1S/C17H26O4S/c1-3-4-5-6-10-22-12-14(19)11-21-16-9-7-8-15(20)17(16)13(2)18/h7-9,14,19-20H,3-6,10-12H2,1-2H3. The molecular weight excluding hydrogens is 300 g/mol. The summed E-state index contributed by atoms with van der Waals surface area (Å²) in [6.07, 6.45) is 4.31. The van der Waals surface area contributed by atoms with Crippen molar-refractivity contribution in [1.29, 1.82) is 0 Å². The first-order valence-electron chi connectivity index (χ1n) is 7.77. The summed E-state index contributed by atoms with van der Waals surface area (Å²) in [6.45, 7) is 3.68. The first-order valence-corrected chi connectivity index (χ1v) is 8.93. The summed E-state index contributed by atoms with van der Waals surface area (Å²) in [5, 5.41) is 19.6. The minimum Gasteiger partial charge on any atom is -0.507 e. The van der Waals surface area contributed by atoms with E-state index < -0.39 is 6.10 Å². The molecule has 0 saturated heterocycles. The summed E-state index contributed by atoms with van der Waals surface area (Å²) >= 11 is 1.71. The van der Waals surface area contributed by atoms with Crippen LogP contribution in [0.2, 0.25) is 0 Å². The number of Topliss-reactive ketones (excluding diaryl/α,β-unsaturated/α-hetero) is 1. The van der Waals surface area contributed by atoms with Crippen molar-refractivity contribution >= 4 is 17.5 Å². The highest BCUT2D eigenvalue weighted by Crippen LogP contribution is 2.28. The molecule has 1 aromatic carbocycles. The van der Waals surface area contributed by atoms with Gasteiger partial charge in [0, 0.05) is 5.75 Å². The number of carbonyl (C=O) groups is 1. The van der Waals surface area contributed by atoms with Gasteiger partial charge < -0.3 is 14.9 Å². The Morgan fingerprint density at radius 3 is 2.77 bits per heavy atom. The Morgan fingerprint density at radius 1 is 1.32 bits per heavy atom. The molecule has 2 N–H and O–H groups in total. The van der Waals surface area contributed by atoms with Gasteiger partial charge in [0.2, 0.25) is 0 Å². The first-order chi connectivity index (χ1) is 10.6. The highest BCUT2D eigenvalue weighted by Gasteiger charge is 2.15. The molecule has 0 bridgehead atoms. The maximum atomic E-state index is 11.5. The van der Waals surface area contributed by atoms with Crippen molar-refractivity contribution in [1.82, 2.24) is 0 Å². The molecule has 1 unspecified atom stereocenters. The molecule has 4 nitrogen and oxygen atoms in total. The number of unbranched alkanes of at least 4 members (excludes halogenated alkanes) is 3. The normalized spacial score (nSPS) is 12.1. The van der Waals surface area contributed by atoms with Gasteiger partial charge in [-0.05, 0) is 31.2 Å². The molecule has 5 heteroatoms. The SMILES string of the molecule is CCCCCCSCC(O)COc1cccc(O)c1C(C)=O. The van der Waals surface area contributed by atoms with Gasteiger partial charge in [-0.15, -0.1) is 0 Å². The third-order valence-electron chi connectivity index (χ3n) is 3.24. The fourth-order valence-corrected chi connectivity index (χ4v) is 3.02. The van der Waals surface area contributed by atoms with Crippen LogP contribution in [-0.2, 0) is 0 Å². The maximum absolute atomic E-state index is 11.5. The van der Waals surface area contributed by atoms with Crippen LogP contribution in [0.1, 0.15) is 49.9 Å². The van der Waals surface area contributed by atoms with Crippen LogP contribution in [0, 0.1) is 0 Å². The summed E-state index contributed by atoms with van der Waals surface area (Å²) in [5.41, 5.74) is 0.168. The number of thioether (sulfide) groups is 1. The number of carbonyl (C=O) groups excluding carboxylic acids is 1. The van der Waals surface area contributed by atoms with E-state index in [2.05, 4.69) is 6.92 Å². The number of benzene rings is 1. The third-order valence-corrected chi connectivity index (χ3v) is 4.44. The average molecular weight is 326 g/mol. The number of hydrogen-bond donors (Lipinski definition) is 2. The molecule has 0 aliphatic carbocycles. The molecule has 0 aliphatic rings. The molecule has 1 aromatic rings. The van der Waals surface area contributed by atoms with E-state index in [1.165, 1.54) is 38.7 Å². The van der Waals surface area contributed by atoms with Crippen LogP contribution in [0.5, 0.6) is 11.5 Å². The molecule has 0 radical (unpaired) electrons. The van der Waals surface area contributed by atoms with Gasteiger partial charge in [0.1, 0.15) is 23.7 Å². The Hall–Kier alpha value is -1.20. The molecular formula is C17H26O4S. The van der Waals surface area contributed by atoms with E-state index in [1.807, 2.05) is 0 Å². The molecule has 1 atom stereocenters. The van der Waals surface area contributed by atoms with Gasteiger partial charge in [-0.25, -0.2) is 0 Å². The third kappa shape index (κ3) is 6.71. The minimum atomic E-state index is -0.585. The molecule has 1 rings (SSSR count). The van der Waals surface area contributed by atoms with Crippen LogP contribution in [0.15, 0.2) is 18.2 Å². The van der Waals surface area contributed by atoms with Gasteiger partial charge in [-0.2, -0.15) is 11.8 Å². The molecule has 0 heterocycles. The smallest absolute Gasteiger partial charge is 0.167 e. The number of aliphatic hydroxyl groups is 1. The molecule has 0 aromatic heterocycles. The summed E-state index contributed by atoms with van der Waals surface area (Å²) in [7, 11) is 0. The van der Waals surface area contributed by atoms with E-state index in [0.717, 1.165) is 5.75 Å². The number of ether oxygens (including phenoxy) is 1. The van der Waals surface area contributed by atoms with Crippen LogP contribution in [0.3, 0.4) is 0 Å². The topological polar surface area (TPSA) is 66.8 Å². The molecule has 0 aliphatic heterocycles. The molecule has 22 heavy (non-hydrogen) atoms. The number of phenols is 1. The van der Waals surface area contributed by atoms with Gasteiger partial charge in [0.25, 0.3) is 0 Å². The highest BCUT2D eigenvalue weighted by atomic mass is 32.2. The van der Waals surface area contributed by atoms with Crippen LogP contribution in [0.4, 0.5) is 0 Å². The van der Waals surface area contributed by atoms with Crippen LogP contribution >= 0.6 is 11.8 Å². The Labute approximate surface area is 136 Å². The number of ketones is 1. The zero-order valence-corrected chi connectivity index (χ0v) is 14.2. The summed E-state index contributed by atoms with van der Waals surface area (Å²) in [6, 6.07) is 4.69. The number of phenolic OH excluding ortho intramolecular Hbond substituents is 1. The van der Waals surface area contributed by atoms with E-state index in [9.17, 15) is 15.0 Å². The fourth-order valence-electron chi connectivity index (χ4n) is 2.08. The lowest BCUT2D eigenvalue weighted by molar-refractivity contribution is 0.0994. The van der Waals surface area contributed by atoms with Gasteiger partial charge in [0.05, 0.1) is 6.10 Å². The van der Waals surface area contributed by atoms with Gasteiger partial charge in [0.15, 0.2) is 5.78 Å². The second-order valence-corrected chi connectivity index (χ2v) is 6.46. The summed E-state index contributed by atoms with van der Waals surface area (Å²) in [5.74, 6) is 1.62. The number of aromatic hydroxyl groups is 1. The van der Waals surface area contributed by atoms with E-state index >= 15 is 0 Å². The molecule has 0 fully saturated rings. The predicted molar refractivity (Wildman–Crippen MR) is 91.1 cm³/mol. The van der Waals surface area contributed by atoms with Crippen LogP contribution < -0.4 is 4.74 Å². The molecule has 0 amide bonds. The summed E-state index contributed by atoms with van der Waals surface area (Å²) < 4.78 is 5.49. The minimum absolute atomic E-state index is 0.0928. The highest BCUT2D eigenvalue weighted by molar-refractivity contribution is 7.99. The number of rotatable bonds is 11. The second kappa shape index (κ2) is 10.5. The van der Waals surface area contributed by atoms with Crippen LogP contribution in [0.25, 0.3) is 0 Å². The first kappa shape index (κ1) is 18.8. The van der Waals surface area contributed by atoms with Crippen molar-refractivity contribution in [3.05, 3.63) is 23.8 Å². The second-order valence-electron chi connectivity index (χ2n) is 5.31. The number of aliphatic hydroxyl groups excluding tert-OH is 1. The predicted octanol–water partition coefficient (Wildman–Crippen LogP) is 3.65. The van der Waals surface area contributed by atoms with Crippen molar-refractivity contribution in [3.63, 3.8) is 0 Å². The van der Waals surface area contributed by atoms with Crippen molar-refractivity contribution in [2.24, 2.45) is 0 Å². The van der Waals surface area contributed by atoms with Crippen molar-refractivity contribution < 1.29 is 19.7 Å². The Balaban J connectivity index is 2.34. The van der Waals surface area contributed by atoms with E-state index in [-0.39, 0.29) is 23.7 Å². The lowest BCUT2D eigenvalue weighted by Gasteiger charge is -2.14. The van der Waals surface area contributed by atoms with Crippen molar-refractivity contribution in [2.75, 3.05) is 18.1 Å². The lowest BCUT2D eigenvalue weighted by atomic mass is 10.1. The average Bonchev–Trinajstić information content (AvgIpc) is 2.48.